The zero-order valence-corrected chi connectivity index (χ0v) is 15.0. The summed E-state index contributed by atoms with van der Waals surface area (Å²) in [4.78, 5) is 21.8. The number of amides is 2. The summed E-state index contributed by atoms with van der Waals surface area (Å²) >= 11 is 1.73. The normalized spacial score (nSPS) is 19.0. The minimum Gasteiger partial charge on any atom is -0.368 e. The summed E-state index contributed by atoms with van der Waals surface area (Å²) in [7, 11) is 0. The van der Waals surface area contributed by atoms with Gasteiger partial charge in [-0.05, 0) is 30.0 Å². The van der Waals surface area contributed by atoms with E-state index in [1.165, 1.54) is 9.56 Å². The van der Waals surface area contributed by atoms with Gasteiger partial charge in [-0.2, -0.15) is 5.10 Å². The standard InChI is InChI=1S/C17H18N6O2S/c1-17(13-4-8-26-14(13)3-7-25-17)11-20-16(24)22-12-9-21-23(10-12)15-18-5-2-6-19-15/h2,4-6,8-10H,3,7,11H2,1H3,(H2,20,22,24). The molecular formula is C17H18N6O2S. The molecule has 3 aromatic rings. The fourth-order valence-corrected chi connectivity index (χ4v) is 3.91. The van der Waals surface area contributed by atoms with Gasteiger partial charge in [-0.1, -0.05) is 0 Å². The molecule has 1 unspecified atom stereocenters. The van der Waals surface area contributed by atoms with Crippen LogP contribution in [0.2, 0.25) is 0 Å². The third-order valence-electron chi connectivity index (χ3n) is 4.25. The maximum absolute atomic E-state index is 12.2. The first-order valence-corrected chi connectivity index (χ1v) is 9.10. The van der Waals surface area contributed by atoms with E-state index in [-0.39, 0.29) is 6.03 Å². The molecule has 2 amide bonds. The Bertz CT molecular complexity index is 909. The van der Waals surface area contributed by atoms with Crippen molar-refractivity contribution in [1.29, 1.82) is 0 Å². The summed E-state index contributed by atoms with van der Waals surface area (Å²) in [6, 6.07) is 3.49. The van der Waals surface area contributed by atoms with Gasteiger partial charge in [-0.15, -0.1) is 11.3 Å². The van der Waals surface area contributed by atoms with Crippen LogP contribution in [0, 0.1) is 0 Å². The molecule has 1 aliphatic rings. The molecule has 0 spiro atoms. The Kier molecular flexibility index (Phi) is 4.39. The molecule has 1 aliphatic heterocycles. The fraction of sp³-hybridized carbons (Fsp3) is 0.294. The maximum Gasteiger partial charge on any atom is 0.319 e. The summed E-state index contributed by atoms with van der Waals surface area (Å²) in [6.45, 7) is 3.05. The molecule has 0 bridgehead atoms. The van der Waals surface area contributed by atoms with Gasteiger partial charge in [0.05, 0.1) is 31.2 Å². The van der Waals surface area contributed by atoms with Gasteiger partial charge < -0.3 is 15.4 Å². The van der Waals surface area contributed by atoms with Crippen LogP contribution in [0.25, 0.3) is 5.95 Å². The first kappa shape index (κ1) is 16.7. The molecule has 26 heavy (non-hydrogen) atoms. The molecule has 4 heterocycles. The van der Waals surface area contributed by atoms with E-state index in [1.807, 2.05) is 6.92 Å². The topological polar surface area (TPSA) is 94.0 Å². The molecular weight excluding hydrogens is 352 g/mol. The number of anilines is 1. The molecule has 3 aromatic heterocycles. The molecule has 0 saturated heterocycles. The van der Waals surface area contributed by atoms with Gasteiger partial charge in [0, 0.05) is 23.7 Å². The monoisotopic (exact) mass is 370 g/mol. The minimum atomic E-state index is -0.507. The molecule has 0 aliphatic carbocycles. The molecule has 9 heteroatoms. The molecule has 0 radical (unpaired) electrons. The molecule has 0 fully saturated rings. The summed E-state index contributed by atoms with van der Waals surface area (Å²) in [5.74, 6) is 0.439. The molecule has 0 aromatic carbocycles. The Balaban J connectivity index is 1.38. The van der Waals surface area contributed by atoms with Crippen LogP contribution in [-0.2, 0) is 16.8 Å². The van der Waals surface area contributed by atoms with Crippen LogP contribution in [0.5, 0.6) is 0 Å². The lowest BCUT2D eigenvalue weighted by molar-refractivity contribution is -0.0416. The lowest BCUT2D eigenvalue weighted by Crippen LogP contribution is -2.44. The second-order valence-electron chi connectivity index (χ2n) is 6.12. The van der Waals surface area contributed by atoms with Gasteiger partial charge in [-0.25, -0.2) is 19.4 Å². The number of hydrogen-bond acceptors (Lipinski definition) is 6. The highest BCUT2D eigenvalue weighted by Crippen LogP contribution is 2.35. The lowest BCUT2D eigenvalue weighted by Gasteiger charge is -2.34. The smallest absolute Gasteiger partial charge is 0.319 e. The largest absolute Gasteiger partial charge is 0.368 e. The van der Waals surface area contributed by atoms with Crippen molar-refractivity contribution in [2.45, 2.75) is 18.9 Å². The number of rotatable bonds is 4. The minimum absolute atomic E-state index is 0.314. The van der Waals surface area contributed by atoms with E-state index in [4.69, 9.17) is 4.74 Å². The van der Waals surface area contributed by atoms with Gasteiger partial charge in [0.15, 0.2) is 0 Å². The van der Waals surface area contributed by atoms with Crippen molar-refractivity contribution in [3.8, 4) is 5.95 Å². The van der Waals surface area contributed by atoms with Crippen molar-refractivity contribution in [1.82, 2.24) is 25.1 Å². The van der Waals surface area contributed by atoms with Gasteiger partial charge >= 0.3 is 6.03 Å². The van der Waals surface area contributed by atoms with Crippen molar-refractivity contribution in [2.75, 3.05) is 18.5 Å². The van der Waals surface area contributed by atoms with Crippen molar-refractivity contribution in [3.63, 3.8) is 0 Å². The number of ether oxygens (including phenoxy) is 1. The summed E-state index contributed by atoms with van der Waals surface area (Å²) in [6.07, 6.45) is 7.40. The van der Waals surface area contributed by atoms with E-state index in [1.54, 1.807) is 42.2 Å². The molecule has 4 rings (SSSR count). The zero-order chi connectivity index (χ0) is 18.0. The molecule has 2 N–H and O–H groups in total. The van der Waals surface area contributed by atoms with E-state index < -0.39 is 5.60 Å². The van der Waals surface area contributed by atoms with E-state index in [0.29, 0.717) is 24.8 Å². The van der Waals surface area contributed by atoms with Crippen LogP contribution >= 0.6 is 11.3 Å². The van der Waals surface area contributed by atoms with Gasteiger partial charge in [-0.3, -0.25) is 0 Å². The Labute approximate surface area is 154 Å². The zero-order valence-electron chi connectivity index (χ0n) is 14.2. The number of thiophene rings is 1. The molecule has 0 saturated carbocycles. The highest BCUT2D eigenvalue weighted by molar-refractivity contribution is 7.10. The number of urea groups is 1. The Hall–Kier alpha value is -2.78. The number of nitrogens with zero attached hydrogens (tertiary/aromatic N) is 4. The average molecular weight is 370 g/mol. The van der Waals surface area contributed by atoms with Crippen LogP contribution in [0.4, 0.5) is 10.5 Å². The van der Waals surface area contributed by atoms with Crippen LogP contribution in [-0.4, -0.2) is 38.9 Å². The van der Waals surface area contributed by atoms with E-state index in [0.717, 1.165) is 12.0 Å². The molecule has 8 nitrogen and oxygen atoms in total. The van der Waals surface area contributed by atoms with Crippen molar-refractivity contribution >= 4 is 23.1 Å². The first-order chi connectivity index (χ1) is 12.6. The molecule has 1 atom stereocenters. The number of carbonyl (C=O) groups excluding carboxylic acids is 1. The number of hydrogen-bond donors (Lipinski definition) is 2. The summed E-state index contributed by atoms with van der Waals surface area (Å²) in [5.41, 5.74) is 1.21. The van der Waals surface area contributed by atoms with Crippen LogP contribution in [0.15, 0.2) is 42.3 Å². The van der Waals surface area contributed by atoms with E-state index in [2.05, 4.69) is 37.1 Å². The third-order valence-corrected chi connectivity index (χ3v) is 5.23. The van der Waals surface area contributed by atoms with Gasteiger partial charge in [0.1, 0.15) is 5.60 Å². The average Bonchev–Trinajstić information content (AvgIpc) is 3.31. The predicted octanol–water partition coefficient (Wildman–Crippen LogP) is 2.33. The second-order valence-corrected chi connectivity index (χ2v) is 7.12. The highest BCUT2D eigenvalue weighted by atomic mass is 32.1. The highest BCUT2D eigenvalue weighted by Gasteiger charge is 2.34. The van der Waals surface area contributed by atoms with Gasteiger partial charge in [0.2, 0.25) is 5.95 Å². The Morgan fingerprint density at radius 2 is 2.27 bits per heavy atom. The third kappa shape index (κ3) is 3.31. The molecule has 134 valence electrons. The number of nitrogens with one attached hydrogen (secondary N) is 2. The van der Waals surface area contributed by atoms with Crippen molar-refractivity contribution < 1.29 is 9.53 Å². The maximum atomic E-state index is 12.2. The van der Waals surface area contributed by atoms with Crippen LogP contribution < -0.4 is 10.6 Å². The number of aromatic nitrogens is 4. The quantitative estimate of drug-likeness (QED) is 0.735. The van der Waals surface area contributed by atoms with Crippen molar-refractivity contribution in [2.24, 2.45) is 0 Å². The Morgan fingerprint density at radius 3 is 3.12 bits per heavy atom. The summed E-state index contributed by atoms with van der Waals surface area (Å²) < 4.78 is 7.44. The van der Waals surface area contributed by atoms with Crippen molar-refractivity contribution in [3.05, 3.63) is 52.7 Å². The Morgan fingerprint density at radius 1 is 1.42 bits per heavy atom. The summed E-state index contributed by atoms with van der Waals surface area (Å²) in [5, 5.41) is 11.9. The van der Waals surface area contributed by atoms with E-state index in [9.17, 15) is 4.79 Å². The van der Waals surface area contributed by atoms with Gasteiger partial charge in [0.25, 0.3) is 0 Å². The van der Waals surface area contributed by atoms with E-state index >= 15 is 0 Å². The number of fused-ring (bicyclic) bond motifs is 1. The second kappa shape index (κ2) is 6.85. The van der Waals surface area contributed by atoms with Crippen LogP contribution in [0.1, 0.15) is 17.4 Å². The van der Waals surface area contributed by atoms with Crippen LogP contribution in [0.3, 0.4) is 0 Å². The fourth-order valence-electron chi connectivity index (χ4n) is 2.93. The SMILES string of the molecule is CC1(CNC(=O)Nc2cnn(-c3ncccn3)c2)OCCc2sccc21. The lowest BCUT2D eigenvalue weighted by atomic mass is 9.93. The number of carbonyl (C=O) groups is 1. The first-order valence-electron chi connectivity index (χ1n) is 8.22. The predicted molar refractivity (Wildman–Crippen MR) is 97.5 cm³/mol.